The van der Waals surface area contributed by atoms with Gasteiger partial charge in [-0.3, -0.25) is 4.79 Å². The van der Waals surface area contributed by atoms with Gasteiger partial charge in [0.1, 0.15) is 0 Å². The lowest BCUT2D eigenvalue weighted by Gasteiger charge is -2.38. The molecule has 2 aromatic rings. The van der Waals surface area contributed by atoms with Crippen LogP contribution in [0.15, 0.2) is 60.7 Å². The maximum atomic E-state index is 13.0. The minimum atomic E-state index is -1.36. The van der Waals surface area contributed by atoms with Crippen molar-refractivity contribution in [1.82, 2.24) is 0 Å². The summed E-state index contributed by atoms with van der Waals surface area (Å²) in [5, 5.41) is 0. The minimum Gasteiger partial charge on any atom is -0.452 e. The fraction of sp³-hybridized carbons (Fsp3) is 0.348. The Morgan fingerprint density at radius 1 is 0.867 bits per heavy atom. The van der Waals surface area contributed by atoms with Gasteiger partial charge in [-0.15, -0.1) is 0 Å². The fourth-order valence-corrected chi connectivity index (χ4v) is 3.03. The number of carbonyl (C=O) groups is 3. The fourth-order valence-electron chi connectivity index (χ4n) is 3.03. The summed E-state index contributed by atoms with van der Waals surface area (Å²) >= 11 is 0. The molecule has 0 unspecified atom stereocenters. The molecule has 0 spiro atoms. The van der Waals surface area contributed by atoms with E-state index in [9.17, 15) is 14.4 Å². The van der Waals surface area contributed by atoms with Gasteiger partial charge < -0.3 is 18.9 Å². The van der Waals surface area contributed by atoms with Gasteiger partial charge in [0.2, 0.25) is 18.2 Å². The summed E-state index contributed by atoms with van der Waals surface area (Å²) in [7, 11) is 0. The molecule has 4 atom stereocenters. The summed E-state index contributed by atoms with van der Waals surface area (Å²) in [6, 6.07) is 16.6. The SMILES string of the molecule is CC(C)O[C@H]1O[C@@H](C)[C@H](OC(=O)c2ccccc2)[C@@H](OC(=O)c2ccccc2)C1=O. The molecule has 3 rings (SSSR count). The number of ether oxygens (including phenoxy) is 4. The van der Waals surface area contributed by atoms with Crippen molar-refractivity contribution in [3.8, 4) is 0 Å². The number of hydrogen-bond acceptors (Lipinski definition) is 7. The van der Waals surface area contributed by atoms with E-state index in [0.717, 1.165) is 0 Å². The molecule has 0 aliphatic carbocycles. The highest BCUT2D eigenvalue weighted by atomic mass is 16.7. The van der Waals surface area contributed by atoms with Gasteiger partial charge >= 0.3 is 11.9 Å². The van der Waals surface area contributed by atoms with Crippen LogP contribution < -0.4 is 0 Å². The molecule has 1 heterocycles. The first-order valence-corrected chi connectivity index (χ1v) is 9.73. The van der Waals surface area contributed by atoms with Crippen molar-refractivity contribution < 1.29 is 33.3 Å². The third-order valence-corrected chi connectivity index (χ3v) is 4.50. The number of carbonyl (C=O) groups excluding carboxylic acids is 3. The summed E-state index contributed by atoms with van der Waals surface area (Å²) in [5.74, 6) is -1.96. The van der Waals surface area contributed by atoms with E-state index >= 15 is 0 Å². The third-order valence-electron chi connectivity index (χ3n) is 4.50. The Morgan fingerprint density at radius 3 is 1.87 bits per heavy atom. The first kappa shape index (κ1) is 21.7. The van der Waals surface area contributed by atoms with Crippen molar-refractivity contribution in [1.29, 1.82) is 0 Å². The zero-order chi connectivity index (χ0) is 21.7. The smallest absolute Gasteiger partial charge is 0.338 e. The molecule has 0 bridgehead atoms. The van der Waals surface area contributed by atoms with Crippen molar-refractivity contribution in [2.24, 2.45) is 0 Å². The monoisotopic (exact) mass is 412 g/mol. The quantitative estimate of drug-likeness (QED) is 0.674. The molecule has 0 N–H and O–H groups in total. The van der Waals surface area contributed by atoms with Crippen LogP contribution in [0.25, 0.3) is 0 Å². The second-order valence-corrected chi connectivity index (χ2v) is 7.19. The lowest BCUT2D eigenvalue weighted by molar-refractivity contribution is -0.238. The maximum absolute atomic E-state index is 13.0. The van der Waals surface area contributed by atoms with Crippen LogP contribution in [0.5, 0.6) is 0 Å². The van der Waals surface area contributed by atoms with E-state index in [1.54, 1.807) is 81.4 Å². The molecule has 0 radical (unpaired) electrons. The minimum absolute atomic E-state index is 0.277. The van der Waals surface area contributed by atoms with Crippen LogP contribution in [0.1, 0.15) is 41.5 Å². The van der Waals surface area contributed by atoms with E-state index in [1.807, 2.05) is 0 Å². The van der Waals surface area contributed by atoms with E-state index in [0.29, 0.717) is 5.56 Å². The van der Waals surface area contributed by atoms with Gasteiger partial charge in [0.25, 0.3) is 0 Å². The number of Topliss-reactive ketones (excluding diaryl/α,β-unsaturated/α-hetero) is 1. The van der Waals surface area contributed by atoms with E-state index in [2.05, 4.69) is 0 Å². The Balaban J connectivity index is 1.84. The number of benzene rings is 2. The van der Waals surface area contributed by atoms with Crippen molar-refractivity contribution >= 4 is 17.7 Å². The average molecular weight is 412 g/mol. The topological polar surface area (TPSA) is 88.1 Å². The van der Waals surface area contributed by atoms with Crippen molar-refractivity contribution in [2.45, 2.75) is 51.5 Å². The third kappa shape index (κ3) is 5.11. The molecule has 158 valence electrons. The molecule has 30 heavy (non-hydrogen) atoms. The molecule has 1 saturated heterocycles. The molecule has 1 aliphatic heterocycles. The zero-order valence-electron chi connectivity index (χ0n) is 17.0. The van der Waals surface area contributed by atoms with Gasteiger partial charge in [-0.25, -0.2) is 9.59 Å². The Kier molecular flexibility index (Phi) is 6.97. The standard InChI is InChI=1S/C23H24O7/c1-14(2)27-23-18(24)20(30-22(26)17-12-8-5-9-13-17)19(15(3)28-23)29-21(25)16-10-6-4-7-11-16/h4-15,19-20,23H,1-3H3/t15-,19-,20-,23-/m0/s1. The van der Waals surface area contributed by atoms with E-state index < -0.39 is 42.3 Å². The van der Waals surface area contributed by atoms with Crippen LogP contribution in [-0.4, -0.2) is 48.4 Å². The summed E-state index contributed by atoms with van der Waals surface area (Å²) in [4.78, 5) is 38.1. The number of ketones is 1. The first-order valence-electron chi connectivity index (χ1n) is 9.73. The maximum Gasteiger partial charge on any atom is 0.338 e. The lowest BCUT2D eigenvalue weighted by Crippen LogP contribution is -2.58. The van der Waals surface area contributed by atoms with Crippen LogP contribution in [0, 0.1) is 0 Å². The van der Waals surface area contributed by atoms with Crippen molar-refractivity contribution in [2.75, 3.05) is 0 Å². The van der Waals surface area contributed by atoms with Crippen molar-refractivity contribution in [3.05, 3.63) is 71.8 Å². The molecular formula is C23H24O7. The number of hydrogen-bond donors (Lipinski definition) is 0. The van der Waals surface area contributed by atoms with Gasteiger partial charge in [0.05, 0.1) is 23.3 Å². The highest BCUT2D eigenvalue weighted by Crippen LogP contribution is 2.26. The molecule has 0 saturated carbocycles. The summed E-state index contributed by atoms with van der Waals surface area (Å²) in [6.45, 7) is 5.15. The van der Waals surface area contributed by atoms with Crippen LogP contribution in [0.2, 0.25) is 0 Å². The highest BCUT2D eigenvalue weighted by Gasteiger charge is 2.49. The van der Waals surface area contributed by atoms with E-state index in [4.69, 9.17) is 18.9 Å². The van der Waals surface area contributed by atoms with Crippen LogP contribution in [0.3, 0.4) is 0 Å². The second-order valence-electron chi connectivity index (χ2n) is 7.19. The van der Waals surface area contributed by atoms with Crippen molar-refractivity contribution in [3.63, 3.8) is 0 Å². The van der Waals surface area contributed by atoms with E-state index in [-0.39, 0.29) is 11.7 Å². The predicted octanol–water partition coefficient (Wildman–Crippen LogP) is 3.18. The summed E-state index contributed by atoms with van der Waals surface area (Å²) < 4.78 is 22.2. The largest absolute Gasteiger partial charge is 0.452 e. The van der Waals surface area contributed by atoms with Gasteiger partial charge in [-0.2, -0.15) is 0 Å². The van der Waals surface area contributed by atoms with Gasteiger partial charge in [-0.05, 0) is 45.0 Å². The molecular weight excluding hydrogens is 388 g/mol. The average Bonchev–Trinajstić information content (AvgIpc) is 2.74. The number of esters is 2. The Hall–Kier alpha value is -3.03. The molecule has 0 aromatic heterocycles. The van der Waals surface area contributed by atoms with Gasteiger partial charge in [-0.1, -0.05) is 36.4 Å². The summed E-state index contributed by atoms with van der Waals surface area (Å²) in [6.07, 6.45) is -4.74. The normalized spacial score (nSPS) is 23.8. The lowest BCUT2D eigenvalue weighted by atomic mass is 10.00. The first-order chi connectivity index (χ1) is 14.4. The molecule has 7 nitrogen and oxygen atoms in total. The Morgan fingerprint density at radius 2 is 1.37 bits per heavy atom. The number of rotatable bonds is 6. The van der Waals surface area contributed by atoms with Crippen LogP contribution in [-0.2, 0) is 23.7 Å². The summed E-state index contributed by atoms with van der Waals surface area (Å²) in [5.41, 5.74) is 0.588. The van der Waals surface area contributed by atoms with Crippen LogP contribution >= 0.6 is 0 Å². The van der Waals surface area contributed by atoms with Crippen LogP contribution in [0.4, 0.5) is 0 Å². The Bertz CT molecular complexity index is 879. The molecule has 1 fully saturated rings. The van der Waals surface area contributed by atoms with Gasteiger partial charge in [0.15, 0.2) is 6.10 Å². The predicted molar refractivity (Wildman–Crippen MR) is 107 cm³/mol. The second kappa shape index (κ2) is 9.65. The molecule has 7 heteroatoms. The molecule has 0 amide bonds. The highest BCUT2D eigenvalue weighted by molar-refractivity contribution is 5.95. The molecule has 2 aromatic carbocycles. The molecule has 1 aliphatic rings. The zero-order valence-corrected chi connectivity index (χ0v) is 17.0. The Labute approximate surface area is 174 Å². The van der Waals surface area contributed by atoms with E-state index in [1.165, 1.54) is 0 Å². The van der Waals surface area contributed by atoms with Gasteiger partial charge in [0, 0.05) is 0 Å².